The minimum absolute atomic E-state index is 0.188. The Hall–Kier alpha value is -1.15. The van der Waals surface area contributed by atoms with E-state index >= 15 is 0 Å². The number of ketones is 1. The molecule has 0 radical (unpaired) electrons. The number of piperidine rings is 1. The fraction of sp³-hybridized carbons (Fsp3) is 0.562. The van der Waals surface area contributed by atoms with Crippen LogP contribution in [0.15, 0.2) is 24.3 Å². The molecule has 0 spiro atoms. The topological polar surface area (TPSA) is 29.1 Å². The molecule has 1 heterocycles. The third-order valence-electron chi connectivity index (χ3n) is 4.44. The highest BCUT2D eigenvalue weighted by atomic mass is 16.1. The molecule has 1 aliphatic heterocycles. The van der Waals surface area contributed by atoms with E-state index in [0.29, 0.717) is 5.78 Å². The van der Waals surface area contributed by atoms with E-state index in [4.69, 9.17) is 0 Å². The molecule has 18 heavy (non-hydrogen) atoms. The molecular formula is C16H21NO. The lowest BCUT2D eigenvalue weighted by Gasteiger charge is -2.26. The number of carbonyl (C=O) groups is 1. The maximum atomic E-state index is 12.3. The lowest BCUT2D eigenvalue weighted by Crippen LogP contribution is -2.34. The summed E-state index contributed by atoms with van der Waals surface area (Å²) in [4.78, 5) is 12.3. The fourth-order valence-electron chi connectivity index (χ4n) is 2.97. The number of rotatable bonds is 3. The van der Waals surface area contributed by atoms with Crippen molar-refractivity contribution >= 4 is 5.78 Å². The van der Waals surface area contributed by atoms with Crippen molar-refractivity contribution in [3.63, 3.8) is 0 Å². The summed E-state index contributed by atoms with van der Waals surface area (Å²) in [5.41, 5.74) is 2.31. The van der Waals surface area contributed by atoms with E-state index in [-0.39, 0.29) is 5.92 Å². The Morgan fingerprint density at radius 1 is 1.06 bits per heavy atom. The summed E-state index contributed by atoms with van der Waals surface area (Å²) in [7, 11) is 0. The summed E-state index contributed by atoms with van der Waals surface area (Å²) in [6.07, 6.45) is 6.16. The maximum absolute atomic E-state index is 12.3. The maximum Gasteiger partial charge on any atom is 0.167 e. The Morgan fingerprint density at radius 2 is 1.83 bits per heavy atom. The van der Waals surface area contributed by atoms with Crippen LogP contribution in [0, 0.1) is 5.92 Å². The first-order valence-corrected chi connectivity index (χ1v) is 7.19. The monoisotopic (exact) mass is 243 g/mol. The van der Waals surface area contributed by atoms with Gasteiger partial charge in [0.25, 0.3) is 0 Å². The van der Waals surface area contributed by atoms with Crippen molar-refractivity contribution in [1.82, 2.24) is 5.32 Å². The Labute approximate surface area is 109 Å². The van der Waals surface area contributed by atoms with Crippen molar-refractivity contribution in [3.05, 3.63) is 35.4 Å². The smallest absolute Gasteiger partial charge is 0.167 e. The van der Waals surface area contributed by atoms with E-state index in [1.54, 1.807) is 0 Å². The van der Waals surface area contributed by atoms with E-state index in [0.717, 1.165) is 37.4 Å². The molecule has 1 unspecified atom stereocenters. The fourth-order valence-corrected chi connectivity index (χ4v) is 2.97. The van der Waals surface area contributed by atoms with Gasteiger partial charge in [0.1, 0.15) is 0 Å². The molecular weight excluding hydrogens is 222 g/mol. The predicted octanol–water partition coefficient (Wildman–Crippen LogP) is 3.14. The molecule has 1 saturated heterocycles. The molecule has 1 atom stereocenters. The van der Waals surface area contributed by atoms with Crippen LogP contribution >= 0.6 is 0 Å². The van der Waals surface area contributed by atoms with Crippen molar-refractivity contribution in [2.75, 3.05) is 13.1 Å². The van der Waals surface area contributed by atoms with E-state index in [1.165, 1.54) is 24.8 Å². The highest BCUT2D eigenvalue weighted by molar-refractivity contribution is 5.98. The van der Waals surface area contributed by atoms with Gasteiger partial charge in [-0.15, -0.1) is 0 Å². The standard InChI is InChI=1S/C16H21NO/c18-16(15-5-2-10-17-11-15)14-8-6-13(7-9-14)12-3-1-4-12/h6-9,12,15,17H,1-5,10-11H2. The Balaban J connectivity index is 1.69. The van der Waals surface area contributed by atoms with Gasteiger partial charge in [0.15, 0.2) is 5.78 Å². The molecule has 96 valence electrons. The number of hydrogen-bond acceptors (Lipinski definition) is 2. The Bertz CT molecular complexity index is 413. The van der Waals surface area contributed by atoms with Gasteiger partial charge in [0.05, 0.1) is 0 Å². The molecule has 2 aliphatic rings. The van der Waals surface area contributed by atoms with Crippen LogP contribution in [0.1, 0.15) is 53.9 Å². The molecule has 0 aromatic heterocycles. The minimum atomic E-state index is 0.188. The van der Waals surface area contributed by atoms with Crippen molar-refractivity contribution in [1.29, 1.82) is 0 Å². The quantitative estimate of drug-likeness (QED) is 0.826. The normalized spacial score (nSPS) is 24.6. The van der Waals surface area contributed by atoms with E-state index in [1.807, 2.05) is 12.1 Å². The second kappa shape index (κ2) is 5.23. The van der Waals surface area contributed by atoms with Gasteiger partial charge in [-0.1, -0.05) is 30.7 Å². The zero-order valence-electron chi connectivity index (χ0n) is 10.8. The minimum Gasteiger partial charge on any atom is -0.316 e. The molecule has 1 aromatic carbocycles. The summed E-state index contributed by atoms with van der Waals surface area (Å²) in [6, 6.07) is 8.38. The molecule has 2 heteroatoms. The van der Waals surface area contributed by atoms with Gasteiger partial charge in [-0.2, -0.15) is 0 Å². The van der Waals surface area contributed by atoms with E-state index in [9.17, 15) is 4.79 Å². The second-order valence-corrected chi connectivity index (χ2v) is 5.66. The third kappa shape index (κ3) is 2.35. The van der Waals surface area contributed by atoms with E-state index in [2.05, 4.69) is 17.4 Å². The van der Waals surface area contributed by atoms with Crippen LogP contribution in [0.4, 0.5) is 0 Å². The largest absolute Gasteiger partial charge is 0.316 e. The molecule has 1 aliphatic carbocycles. The van der Waals surface area contributed by atoms with Gasteiger partial charge in [0.2, 0.25) is 0 Å². The van der Waals surface area contributed by atoms with Gasteiger partial charge in [-0.3, -0.25) is 4.79 Å². The van der Waals surface area contributed by atoms with Gasteiger partial charge >= 0.3 is 0 Å². The van der Waals surface area contributed by atoms with Crippen molar-refractivity contribution < 1.29 is 4.79 Å². The molecule has 3 rings (SSSR count). The summed E-state index contributed by atoms with van der Waals surface area (Å²) < 4.78 is 0. The first-order chi connectivity index (χ1) is 8.84. The highest BCUT2D eigenvalue weighted by Gasteiger charge is 2.23. The number of carbonyl (C=O) groups excluding carboxylic acids is 1. The lowest BCUT2D eigenvalue weighted by molar-refractivity contribution is 0.0899. The van der Waals surface area contributed by atoms with Gasteiger partial charge in [-0.25, -0.2) is 0 Å². The summed E-state index contributed by atoms with van der Waals surface area (Å²) in [6.45, 7) is 1.91. The second-order valence-electron chi connectivity index (χ2n) is 5.66. The zero-order chi connectivity index (χ0) is 12.4. The van der Waals surface area contributed by atoms with Gasteiger partial charge in [-0.05, 0) is 43.7 Å². The average Bonchev–Trinajstić information content (AvgIpc) is 2.38. The van der Waals surface area contributed by atoms with Crippen LogP contribution in [0.3, 0.4) is 0 Å². The van der Waals surface area contributed by atoms with Crippen molar-refractivity contribution in [3.8, 4) is 0 Å². The van der Waals surface area contributed by atoms with Crippen LogP contribution in [0.5, 0.6) is 0 Å². The van der Waals surface area contributed by atoms with Crippen molar-refractivity contribution in [2.24, 2.45) is 5.92 Å². The van der Waals surface area contributed by atoms with Crippen LogP contribution in [0.2, 0.25) is 0 Å². The summed E-state index contributed by atoms with van der Waals surface area (Å²) in [5, 5.41) is 3.31. The molecule has 2 fully saturated rings. The van der Waals surface area contributed by atoms with Crippen LogP contribution in [-0.2, 0) is 0 Å². The van der Waals surface area contributed by atoms with Crippen LogP contribution in [-0.4, -0.2) is 18.9 Å². The molecule has 1 saturated carbocycles. The molecule has 1 aromatic rings. The average molecular weight is 243 g/mol. The SMILES string of the molecule is O=C(c1ccc(C2CCC2)cc1)C1CCCNC1. The summed E-state index contributed by atoms with van der Waals surface area (Å²) in [5.74, 6) is 1.26. The Morgan fingerprint density at radius 3 is 2.39 bits per heavy atom. The van der Waals surface area contributed by atoms with Crippen LogP contribution in [0.25, 0.3) is 0 Å². The summed E-state index contributed by atoms with van der Waals surface area (Å²) >= 11 is 0. The molecule has 1 N–H and O–H groups in total. The highest BCUT2D eigenvalue weighted by Crippen LogP contribution is 2.36. The van der Waals surface area contributed by atoms with Crippen LogP contribution < -0.4 is 5.32 Å². The number of benzene rings is 1. The molecule has 0 amide bonds. The lowest BCUT2D eigenvalue weighted by atomic mass is 9.79. The van der Waals surface area contributed by atoms with Crippen molar-refractivity contribution in [2.45, 2.75) is 38.0 Å². The number of Topliss-reactive ketones (excluding diaryl/α,β-unsaturated/α-hetero) is 1. The van der Waals surface area contributed by atoms with Gasteiger partial charge < -0.3 is 5.32 Å². The number of hydrogen-bond donors (Lipinski definition) is 1. The molecule has 0 bridgehead atoms. The van der Waals surface area contributed by atoms with E-state index < -0.39 is 0 Å². The predicted molar refractivity (Wildman–Crippen MR) is 73.0 cm³/mol. The zero-order valence-corrected chi connectivity index (χ0v) is 10.8. The van der Waals surface area contributed by atoms with Gasteiger partial charge in [0, 0.05) is 18.0 Å². The third-order valence-corrected chi connectivity index (χ3v) is 4.44. The number of nitrogens with one attached hydrogen (secondary N) is 1. The first-order valence-electron chi connectivity index (χ1n) is 7.19. The molecule has 2 nitrogen and oxygen atoms in total. The first kappa shape index (κ1) is 11.9. The Kier molecular flexibility index (Phi) is 3.46.